The summed E-state index contributed by atoms with van der Waals surface area (Å²) in [5.41, 5.74) is -0.0371. The van der Waals surface area contributed by atoms with Crippen LogP contribution in [0.4, 0.5) is 20.2 Å². The average molecular weight is 453 g/mol. The summed E-state index contributed by atoms with van der Waals surface area (Å²) in [6.07, 6.45) is 0. The Bertz CT molecular complexity index is 1200. The highest BCUT2D eigenvalue weighted by atomic mass is 35.5. The summed E-state index contributed by atoms with van der Waals surface area (Å²) in [6, 6.07) is 12.0. The van der Waals surface area contributed by atoms with Crippen LogP contribution in [0.2, 0.25) is 5.02 Å². The standard InChI is InChI=1S/C20H15ClF2N2O4S/c1-29-19-9-4-13(21)10-18(19)25-30(27,28)15-7-8-17(16(23)11-15)24-20(26)12-2-5-14(22)6-3-12/h2-11,25H,1H3,(H,24,26). The number of amides is 1. The van der Waals surface area contributed by atoms with Crippen LogP contribution in [0.15, 0.2) is 65.6 Å². The molecule has 0 aliphatic rings. The Kier molecular flexibility index (Phi) is 6.23. The summed E-state index contributed by atoms with van der Waals surface area (Å²) in [4.78, 5) is 11.8. The molecule has 0 aromatic heterocycles. The van der Waals surface area contributed by atoms with E-state index in [4.69, 9.17) is 16.3 Å². The summed E-state index contributed by atoms with van der Waals surface area (Å²) in [6.45, 7) is 0. The zero-order valence-corrected chi connectivity index (χ0v) is 17.0. The summed E-state index contributed by atoms with van der Waals surface area (Å²) < 4.78 is 60.0. The van der Waals surface area contributed by atoms with Crippen molar-refractivity contribution >= 4 is 38.9 Å². The van der Waals surface area contributed by atoms with Gasteiger partial charge in [-0.05, 0) is 60.7 Å². The fourth-order valence-corrected chi connectivity index (χ4v) is 3.77. The van der Waals surface area contributed by atoms with Crippen molar-refractivity contribution in [3.63, 3.8) is 0 Å². The highest BCUT2D eigenvalue weighted by Crippen LogP contribution is 2.30. The molecule has 10 heteroatoms. The molecular formula is C20H15ClF2N2O4S. The highest BCUT2D eigenvalue weighted by molar-refractivity contribution is 7.92. The maximum absolute atomic E-state index is 14.5. The van der Waals surface area contributed by atoms with Crippen LogP contribution >= 0.6 is 11.6 Å². The zero-order chi connectivity index (χ0) is 21.9. The molecule has 0 fully saturated rings. The lowest BCUT2D eigenvalue weighted by atomic mass is 10.2. The van der Waals surface area contributed by atoms with Crippen LogP contribution in [0.25, 0.3) is 0 Å². The molecule has 0 atom stereocenters. The van der Waals surface area contributed by atoms with Crippen LogP contribution in [-0.2, 0) is 10.0 Å². The normalized spacial score (nSPS) is 11.1. The van der Waals surface area contributed by atoms with Gasteiger partial charge in [-0.1, -0.05) is 11.6 Å². The molecule has 0 heterocycles. The van der Waals surface area contributed by atoms with Crippen molar-refractivity contribution in [3.05, 3.63) is 82.9 Å². The number of nitrogens with one attached hydrogen (secondary N) is 2. The lowest BCUT2D eigenvalue weighted by Crippen LogP contribution is -2.16. The summed E-state index contributed by atoms with van der Waals surface area (Å²) in [5, 5.41) is 2.59. The molecule has 0 spiro atoms. The first kappa shape index (κ1) is 21.5. The average Bonchev–Trinajstić information content (AvgIpc) is 2.69. The molecule has 0 radical (unpaired) electrons. The van der Waals surface area contributed by atoms with Gasteiger partial charge in [0.1, 0.15) is 17.4 Å². The Hall–Kier alpha value is -3.17. The highest BCUT2D eigenvalue weighted by Gasteiger charge is 2.19. The number of benzene rings is 3. The number of carbonyl (C=O) groups excluding carboxylic acids is 1. The van der Waals surface area contributed by atoms with Gasteiger partial charge in [0.25, 0.3) is 15.9 Å². The third-order valence-corrected chi connectivity index (χ3v) is 5.61. The predicted molar refractivity (Wildman–Crippen MR) is 110 cm³/mol. The van der Waals surface area contributed by atoms with Crippen molar-refractivity contribution in [3.8, 4) is 5.75 Å². The second-order valence-corrected chi connectivity index (χ2v) is 8.17. The molecule has 30 heavy (non-hydrogen) atoms. The SMILES string of the molecule is COc1ccc(Cl)cc1NS(=O)(=O)c1ccc(NC(=O)c2ccc(F)cc2)c(F)c1. The Labute approximate surface area is 176 Å². The van der Waals surface area contributed by atoms with E-state index in [2.05, 4.69) is 10.0 Å². The van der Waals surface area contributed by atoms with Gasteiger partial charge in [0.2, 0.25) is 0 Å². The molecular weight excluding hydrogens is 438 g/mol. The van der Waals surface area contributed by atoms with Crippen molar-refractivity contribution in [1.29, 1.82) is 0 Å². The van der Waals surface area contributed by atoms with E-state index in [1.165, 1.54) is 37.4 Å². The number of methoxy groups -OCH3 is 1. The molecule has 1 amide bonds. The van der Waals surface area contributed by atoms with Crippen molar-refractivity contribution in [2.45, 2.75) is 4.90 Å². The fraction of sp³-hybridized carbons (Fsp3) is 0.0500. The Morgan fingerprint density at radius 2 is 1.67 bits per heavy atom. The molecule has 0 saturated heterocycles. The van der Waals surface area contributed by atoms with Crippen molar-refractivity contribution in [2.75, 3.05) is 17.1 Å². The second-order valence-electron chi connectivity index (χ2n) is 6.05. The van der Waals surface area contributed by atoms with Crippen molar-refractivity contribution in [1.82, 2.24) is 0 Å². The zero-order valence-electron chi connectivity index (χ0n) is 15.4. The number of carbonyl (C=O) groups is 1. The van der Waals surface area contributed by atoms with E-state index in [0.717, 1.165) is 30.3 Å². The molecule has 0 aliphatic carbocycles. The molecule has 0 saturated carbocycles. The van der Waals surface area contributed by atoms with Gasteiger partial charge in [-0.2, -0.15) is 0 Å². The molecule has 3 aromatic rings. The number of hydrogen-bond acceptors (Lipinski definition) is 4. The third-order valence-electron chi connectivity index (χ3n) is 4.01. The van der Waals surface area contributed by atoms with Gasteiger partial charge in [0.15, 0.2) is 0 Å². The smallest absolute Gasteiger partial charge is 0.262 e. The first-order valence-electron chi connectivity index (χ1n) is 8.42. The lowest BCUT2D eigenvalue weighted by molar-refractivity contribution is 0.102. The number of hydrogen-bond donors (Lipinski definition) is 2. The topological polar surface area (TPSA) is 84.5 Å². The van der Waals surface area contributed by atoms with E-state index in [1.54, 1.807) is 0 Å². The molecule has 3 rings (SSSR count). The first-order valence-corrected chi connectivity index (χ1v) is 10.3. The van der Waals surface area contributed by atoms with Gasteiger partial charge in [-0.3, -0.25) is 9.52 Å². The molecule has 0 unspecified atom stereocenters. The largest absolute Gasteiger partial charge is 0.495 e. The number of anilines is 2. The van der Waals surface area contributed by atoms with Gasteiger partial charge in [0, 0.05) is 10.6 Å². The van der Waals surface area contributed by atoms with E-state index < -0.39 is 27.6 Å². The van der Waals surface area contributed by atoms with E-state index in [0.29, 0.717) is 0 Å². The van der Waals surface area contributed by atoms with E-state index in [9.17, 15) is 22.0 Å². The maximum Gasteiger partial charge on any atom is 0.262 e. The third kappa shape index (κ3) is 4.87. The van der Waals surface area contributed by atoms with E-state index in [-0.39, 0.29) is 32.6 Å². The van der Waals surface area contributed by atoms with Crippen LogP contribution in [0.3, 0.4) is 0 Å². The van der Waals surface area contributed by atoms with Crippen LogP contribution in [0.5, 0.6) is 5.75 Å². The van der Waals surface area contributed by atoms with E-state index >= 15 is 0 Å². The Morgan fingerprint density at radius 1 is 0.967 bits per heavy atom. The molecule has 156 valence electrons. The quantitative estimate of drug-likeness (QED) is 0.568. The molecule has 3 aromatic carbocycles. The minimum Gasteiger partial charge on any atom is -0.495 e. The van der Waals surface area contributed by atoms with Gasteiger partial charge in [-0.25, -0.2) is 17.2 Å². The fourth-order valence-electron chi connectivity index (χ4n) is 2.52. The molecule has 2 N–H and O–H groups in total. The number of rotatable bonds is 6. The van der Waals surface area contributed by atoms with Gasteiger partial charge < -0.3 is 10.1 Å². The molecule has 0 aliphatic heterocycles. The predicted octanol–water partition coefficient (Wildman–Crippen LogP) is 4.68. The van der Waals surface area contributed by atoms with Crippen LogP contribution in [-0.4, -0.2) is 21.4 Å². The Morgan fingerprint density at radius 3 is 2.30 bits per heavy atom. The minimum atomic E-state index is -4.17. The second kappa shape index (κ2) is 8.68. The number of sulfonamides is 1. The van der Waals surface area contributed by atoms with Crippen LogP contribution in [0.1, 0.15) is 10.4 Å². The van der Waals surface area contributed by atoms with Crippen LogP contribution in [0, 0.1) is 11.6 Å². The summed E-state index contributed by atoms with van der Waals surface area (Å²) in [5.74, 6) is -1.93. The monoisotopic (exact) mass is 452 g/mol. The Balaban J connectivity index is 1.82. The van der Waals surface area contributed by atoms with Crippen molar-refractivity contribution in [2.24, 2.45) is 0 Å². The van der Waals surface area contributed by atoms with Gasteiger partial charge >= 0.3 is 0 Å². The first-order chi connectivity index (χ1) is 14.2. The molecule has 6 nitrogen and oxygen atoms in total. The number of halogens is 3. The van der Waals surface area contributed by atoms with Crippen molar-refractivity contribution < 1.29 is 26.7 Å². The van der Waals surface area contributed by atoms with E-state index in [1.807, 2.05) is 0 Å². The van der Waals surface area contributed by atoms with Gasteiger partial charge in [-0.15, -0.1) is 0 Å². The lowest BCUT2D eigenvalue weighted by Gasteiger charge is -2.13. The summed E-state index contributed by atoms with van der Waals surface area (Å²) >= 11 is 5.89. The van der Waals surface area contributed by atoms with Gasteiger partial charge in [0.05, 0.1) is 23.4 Å². The minimum absolute atomic E-state index is 0.0825. The maximum atomic E-state index is 14.5. The summed E-state index contributed by atoms with van der Waals surface area (Å²) in [7, 11) is -2.81. The molecule has 0 bridgehead atoms. The van der Waals surface area contributed by atoms with Crippen LogP contribution < -0.4 is 14.8 Å². The number of ether oxygens (including phenoxy) is 1.